The van der Waals surface area contributed by atoms with Gasteiger partial charge in [0, 0.05) is 16.8 Å². The molecule has 0 fully saturated rings. The van der Waals surface area contributed by atoms with Crippen LogP contribution in [0.15, 0.2) is 36.4 Å². The molecule has 1 atom stereocenters. The largest absolute Gasteiger partial charge is 0.450 e. The van der Waals surface area contributed by atoms with Crippen molar-refractivity contribution in [2.45, 2.75) is 60.4 Å². The standard InChI is InChI=1S/C24H32B2N3O3/c1-8-24(7,23(4,5)6)29(22(31)18-12-15(2)11-16(3)13-18)28-21(30)17-9-10-19(26-32)20(14-17)27-25/h9-14,27,32H,8H2,1-7H3,(H,28,30)/t24-/m1/s1. The van der Waals surface area contributed by atoms with Crippen molar-refractivity contribution in [3.63, 3.8) is 0 Å². The smallest absolute Gasteiger partial charge is 0.328 e. The van der Waals surface area contributed by atoms with Crippen LogP contribution < -0.4 is 16.1 Å². The molecule has 0 saturated carbocycles. The monoisotopic (exact) mass is 432 g/mol. The highest BCUT2D eigenvalue weighted by Gasteiger charge is 2.45. The first-order chi connectivity index (χ1) is 14.9. The number of amides is 2. The van der Waals surface area contributed by atoms with Crippen molar-refractivity contribution in [2.75, 3.05) is 5.23 Å². The number of nitrogens with one attached hydrogen (secondary N) is 2. The van der Waals surface area contributed by atoms with E-state index in [1.165, 1.54) is 11.1 Å². The molecule has 0 bridgehead atoms. The molecule has 167 valence electrons. The van der Waals surface area contributed by atoms with E-state index in [1.807, 2.05) is 66.7 Å². The zero-order chi connectivity index (χ0) is 24.3. The number of hydrazine groups is 1. The fraction of sp³-hybridized carbons (Fsp3) is 0.417. The zero-order valence-corrected chi connectivity index (χ0v) is 20.0. The fourth-order valence-electron chi connectivity index (χ4n) is 3.75. The lowest BCUT2D eigenvalue weighted by molar-refractivity contribution is -0.0166. The molecule has 32 heavy (non-hydrogen) atoms. The summed E-state index contributed by atoms with van der Waals surface area (Å²) < 4.78 is 0. The van der Waals surface area contributed by atoms with Crippen molar-refractivity contribution >= 4 is 38.4 Å². The Morgan fingerprint density at radius 3 is 2.09 bits per heavy atom. The number of hydrogen-bond acceptors (Lipinski definition) is 4. The van der Waals surface area contributed by atoms with Crippen LogP contribution in [-0.4, -0.2) is 42.8 Å². The fourth-order valence-corrected chi connectivity index (χ4v) is 3.75. The van der Waals surface area contributed by atoms with Gasteiger partial charge in [-0.3, -0.25) is 15.0 Å². The van der Waals surface area contributed by atoms with Gasteiger partial charge in [-0.25, -0.2) is 5.01 Å². The molecule has 2 aromatic carbocycles. The van der Waals surface area contributed by atoms with Crippen LogP contribution in [0.4, 0.5) is 5.69 Å². The summed E-state index contributed by atoms with van der Waals surface area (Å²) in [6.07, 6.45) is 0.626. The number of anilines is 1. The molecule has 0 spiro atoms. The SMILES string of the molecule is [B]Nc1cc(C(=O)NN(C(=O)c2cc(C)cc(C)c2)[C@](C)(CC)C(C)(C)C)ccc1[B]O. The van der Waals surface area contributed by atoms with E-state index in [0.717, 1.165) is 18.6 Å². The predicted molar refractivity (Wildman–Crippen MR) is 131 cm³/mol. The van der Waals surface area contributed by atoms with E-state index >= 15 is 0 Å². The number of carbonyl (C=O) groups is 2. The summed E-state index contributed by atoms with van der Waals surface area (Å²) in [5.41, 5.74) is 5.46. The van der Waals surface area contributed by atoms with Gasteiger partial charge in [0.2, 0.25) is 7.98 Å². The molecule has 2 aromatic rings. The van der Waals surface area contributed by atoms with Crippen LogP contribution in [0.1, 0.15) is 72.9 Å². The number of hydrogen-bond donors (Lipinski definition) is 3. The Bertz CT molecular complexity index is 984. The van der Waals surface area contributed by atoms with E-state index in [9.17, 15) is 14.6 Å². The average molecular weight is 432 g/mol. The summed E-state index contributed by atoms with van der Waals surface area (Å²) in [7, 11) is 6.42. The first kappa shape index (κ1) is 25.5. The Hall–Kier alpha value is -2.73. The Balaban J connectivity index is 2.54. The summed E-state index contributed by atoms with van der Waals surface area (Å²) in [4.78, 5) is 27.0. The van der Waals surface area contributed by atoms with Crippen molar-refractivity contribution in [1.29, 1.82) is 0 Å². The van der Waals surface area contributed by atoms with Crippen LogP contribution >= 0.6 is 0 Å². The maximum Gasteiger partial charge on any atom is 0.328 e. The van der Waals surface area contributed by atoms with E-state index < -0.39 is 11.4 Å². The molecule has 2 rings (SSSR count). The lowest BCUT2D eigenvalue weighted by Crippen LogP contribution is -2.63. The summed E-state index contributed by atoms with van der Waals surface area (Å²) in [5, 5.41) is 13.3. The highest BCUT2D eigenvalue weighted by Crippen LogP contribution is 2.38. The third-order valence-electron chi connectivity index (χ3n) is 6.29. The molecule has 0 aromatic heterocycles. The molecule has 2 amide bonds. The minimum absolute atomic E-state index is 0.276. The van der Waals surface area contributed by atoms with Crippen LogP contribution in [0, 0.1) is 19.3 Å². The number of aryl methyl sites for hydroxylation is 2. The number of benzene rings is 2. The van der Waals surface area contributed by atoms with Gasteiger partial charge < -0.3 is 10.3 Å². The van der Waals surface area contributed by atoms with Crippen LogP contribution in [0.2, 0.25) is 0 Å². The first-order valence-electron chi connectivity index (χ1n) is 10.7. The summed E-state index contributed by atoms with van der Waals surface area (Å²) in [6, 6.07) is 10.3. The molecule has 0 aliphatic carbocycles. The molecule has 0 unspecified atom stereocenters. The van der Waals surface area contributed by atoms with Gasteiger partial charge >= 0.3 is 7.48 Å². The Morgan fingerprint density at radius 2 is 1.62 bits per heavy atom. The minimum atomic E-state index is -0.675. The third-order valence-corrected chi connectivity index (χ3v) is 6.29. The normalized spacial score (nSPS) is 13.1. The Morgan fingerprint density at radius 1 is 1.03 bits per heavy atom. The van der Waals surface area contributed by atoms with Gasteiger partial charge in [0.15, 0.2) is 0 Å². The van der Waals surface area contributed by atoms with E-state index in [1.54, 1.807) is 12.1 Å². The second kappa shape index (κ2) is 9.82. The maximum absolute atomic E-state index is 13.7. The average Bonchev–Trinajstić information content (AvgIpc) is 2.74. The minimum Gasteiger partial charge on any atom is -0.450 e. The van der Waals surface area contributed by atoms with Gasteiger partial charge in [-0.05, 0) is 62.3 Å². The number of carbonyl (C=O) groups excluding carboxylic acids is 2. The second-order valence-corrected chi connectivity index (χ2v) is 9.41. The summed E-state index contributed by atoms with van der Waals surface area (Å²) in [6.45, 7) is 14.0. The third kappa shape index (κ3) is 5.18. The van der Waals surface area contributed by atoms with Gasteiger partial charge in [0.05, 0.1) is 5.54 Å². The van der Waals surface area contributed by atoms with Gasteiger partial charge in [0.25, 0.3) is 11.8 Å². The molecule has 3 N–H and O–H groups in total. The van der Waals surface area contributed by atoms with Crippen molar-refractivity contribution in [3.8, 4) is 0 Å². The van der Waals surface area contributed by atoms with E-state index in [0.29, 0.717) is 28.7 Å². The lowest BCUT2D eigenvalue weighted by Gasteiger charge is -2.49. The van der Waals surface area contributed by atoms with E-state index in [-0.39, 0.29) is 11.3 Å². The lowest BCUT2D eigenvalue weighted by atomic mass is 9.72. The van der Waals surface area contributed by atoms with Crippen molar-refractivity contribution in [2.24, 2.45) is 5.41 Å². The van der Waals surface area contributed by atoms with Gasteiger partial charge in [-0.2, -0.15) is 0 Å². The number of rotatable bonds is 6. The molecule has 0 aliphatic heterocycles. The van der Waals surface area contributed by atoms with Gasteiger partial charge in [0.1, 0.15) is 0 Å². The Labute approximate surface area is 193 Å². The molecular weight excluding hydrogens is 400 g/mol. The van der Waals surface area contributed by atoms with Gasteiger partial charge in [-0.1, -0.05) is 51.0 Å². The van der Waals surface area contributed by atoms with Crippen molar-refractivity contribution in [1.82, 2.24) is 10.4 Å². The van der Waals surface area contributed by atoms with Crippen molar-refractivity contribution in [3.05, 3.63) is 58.7 Å². The molecule has 0 heterocycles. The van der Waals surface area contributed by atoms with Crippen LogP contribution in [0.3, 0.4) is 0 Å². The second-order valence-electron chi connectivity index (χ2n) is 9.41. The summed E-state index contributed by atoms with van der Waals surface area (Å²) >= 11 is 0. The maximum atomic E-state index is 13.7. The molecular formula is C24H32B2N3O3. The molecule has 8 heteroatoms. The van der Waals surface area contributed by atoms with Crippen molar-refractivity contribution < 1.29 is 14.6 Å². The molecule has 6 nitrogen and oxygen atoms in total. The first-order valence-corrected chi connectivity index (χ1v) is 10.7. The quantitative estimate of drug-likeness (QED) is 0.485. The highest BCUT2D eigenvalue weighted by atomic mass is 16.2. The molecule has 3 radical (unpaired) electrons. The number of nitrogens with zero attached hydrogens (tertiary/aromatic N) is 1. The predicted octanol–water partition coefficient (Wildman–Crippen LogP) is 3.04. The summed E-state index contributed by atoms with van der Waals surface area (Å²) in [5.74, 6) is -0.727. The van der Waals surface area contributed by atoms with E-state index in [2.05, 4.69) is 10.7 Å². The van der Waals surface area contributed by atoms with E-state index in [4.69, 9.17) is 7.98 Å². The highest BCUT2D eigenvalue weighted by molar-refractivity contribution is 6.49. The molecule has 0 aliphatic rings. The Kier molecular flexibility index (Phi) is 7.83. The zero-order valence-electron chi connectivity index (χ0n) is 20.0. The molecule has 0 saturated heterocycles. The van der Waals surface area contributed by atoms with Crippen LogP contribution in [-0.2, 0) is 0 Å². The van der Waals surface area contributed by atoms with Crippen LogP contribution in [0.5, 0.6) is 0 Å². The van der Waals surface area contributed by atoms with Gasteiger partial charge in [-0.15, -0.1) is 0 Å². The van der Waals surface area contributed by atoms with Crippen LogP contribution in [0.25, 0.3) is 0 Å². The topological polar surface area (TPSA) is 81.7 Å².